The summed E-state index contributed by atoms with van der Waals surface area (Å²) < 4.78 is 1.82. The second kappa shape index (κ2) is 10.1. The molecule has 0 bridgehead atoms. The van der Waals surface area contributed by atoms with Gasteiger partial charge in [0.15, 0.2) is 5.96 Å². The van der Waals surface area contributed by atoms with Crippen LogP contribution in [0.1, 0.15) is 22.5 Å². The molecule has 0 saturated heterocycles. The quantitative estimate of drug-likeness (QED) is 0.383. The second-order valence-electron chi connectivity index (χ2n) is 5.66. The first-order valence-electron chi connectivity index (χ1n) is 8.30. The smallest absolute Gasteiger partial charge is 0.251 e. The van der Waals surface area contributed by atoms with Crippen molar-refractivity contribution in [1.29, 1.82) is 0 Å². The van der Waals surface area contributed by atoms with Crippen LogP contribution in [0.5, 0.6) is 0 Å². The van der Waals surface area contributed by atoms with Crippen LogP contribution >= 0.6 is 23.2 Å². The first-order chi connectivity index (χ1) is 12.5. The summed E-state index contributed by atoms with van der Waals surface area (Å²) in [7, 11) is 3.56. The zero-order chi connectivity index (χ0) is 18.9. The van der Waals surface area contributed by atoms with Gasteiger partial charge in [0.25, 0.3) is 5.91 Å². The number of nitrogens with one attached hydrogen (secondary N) is 3. The molecule has 140 valence electrons. The van der Waals surface area contributed by atoms with Crippen molar-refractivity contribution < 1.29 is 4.79 Å². The molecule has 1 amide bonds. The predicted octanol–water partition coefficient (Wildman–Crippen LogP) is 2.82. The molecule has 2 rings (SSSR count). The fraction of sp³-hybridized carbons (Fsp3) is 0.333. The highest BCUT2D eigenvalue weighted by Crippen LogP contribution is 2.24. The van der Waals surface area contributed by atoms with Crippen molar-refractivity contribution in [2.45, 2.75) is 13.0 Å². The maximum Gasteiger partial charge on any atom is 0.251 e. The van der Waals surface area contributed by atoms with E-state index >= 15 is 0 Å². The van der Waals surface area contributed by atoms with E-state index in [9.17, 15) is 4.79 Å². The number of nitrogens with zero attached hydrogens (tertiary/aromatic N) is 2. The molecule has 0 aliphatic heterocycles. The Kier molecular flexibility index (Phi) is 7.81. The minimum absolute atomic E-state index is 0.0643. The van der Waals surface area contributed by atoms with Gasteiger partial charge in [0.1, 0.15) is 5.15 Å². The Morgan fingerprint density at radius 1 is 1.12 bits per heavy atom. The van der Waals surface area contributed by atoms with Gasteiger partial charge in [0, 0.05) is 38.4 Å². The number of aliphatic imine (C=N–C) groups is 1. The van der Waals surface area contributed by atoms with Crippen LogP contribution in [0.4, 0.5) is 0 Å². The summed E-state index contributed by atoms with van der Waals surface area (Å²) >= 11 is 12.1. The first-order valence-corrected chi connectivity index (χ1v) is 9.06. The lowest BCUT2D eigenvalue weighted by molar-refractivity contribution is 0.0953. The number of carbonyl (C=O) groups is 1. The van der Waals surface area contributed by atoms with Crippen LogP contribution in [0, 0.1) is 0 Å². The van der Waals surface area contributed by atoms with Crippen molar-refractivity contribution >= 4 is 35.1 Å². The number of benzene rings is 1. The van der Waals surface area contributed by atoms with Crippen molar-refractivity contribution in [3.8, 4) is 0 Å². The largest absolute Gasteiger partial charge is 0.356 e. The minimum Gasteiger partial charge on any atom is -0.356 e. The zero-order valence-electron chi connectivity index (χ0n) is 14.9. The maximum absolute atomic E-state index is 11.9. The number of halogens is 2. The Labute approximate surface area is 163 Å². The molecule has 0 atom stereocenters. The Morgan fingerprint density at radius 3 is 2.42 bits per heavy atom. The van der Waals surface area contributed by atoms with E-state index in [1.165, 1.54) is 0 Å². The third-order valence-corrected chi connectivity index (χ3v) is 4.69. The van der Waals surface area contributed by atoms with E-state index in [0.29, 0.717) is 41.3 Å². The lowest BCUT2D eigenvalue weighted by Crippen LogP contribution is -2.38. The summed E-state index contributed by atoms with van der Waals surface area (Å²) in [6, 6.07) is 11.0. The molecule has 0 aliphatic carbocycles. The molecular weight excluding hydrogens is 373 g/mol. The lowest BCUT2D eigenvalue weighted by Gasteiger charge is -2.12. The topological polar surface area (TPSA) is 70.4 Å². The Morgan fingerprint density at radius 2 is 1.81 bits per heavy atom. The molecule has 26 heavy (non-hydrogen) atoms. The number of guanidine groups is 1. The van der Waals surface area contributed by atoms with E-state index in [-0.39, 0.29) is 5.91 Å². The van der Waals surface area contributed by atoms with Gasteiger partial charge in [0.05, 0.1) is 11.6 Å². The summed E-state index contributed by atoms with van der Waals surface area (Å²) in [6.45, 7) is 1.82. The Hall–Kier alpha value is -2.18. The van der Waals surface area contributed by atoms with E-state index < -0.39 is 0 Å². The molecule has 6 nitrogen and oxygen atoms in total. The van der Waals surface area contributed by atoms with Crippen molar-refractivity contribution in [3.63, 3.8) is 0 Å². The molecule has 0 radical (unpaired) electrons. The lowest BCUT2D eigenvalue weighted by atomic mass is 10.2. The third-order valence-electron chi connectivity index (χ3n) is 3.84. The fourth-order valence-electron chi connectivity index (χ4n) is 2.34. The number of carbonyl (C=O) groups excluding carboxylic acids is 1. The molecule has 0 spiro atoms. The van der Waals surface area contributed by atoms with Crippen LogP contribution in [0.15, 0.2) is 41.4 Å². The summed E-state index contributed by atoms with van der Waals surface area (Å²) in [5, 5.41) is 10.4. The zero-order valence-corrected chi connectivity index (χ0v) is 16.4. The van der Waals surface area contributed by atoms with Crippen molar-refractivity contribution in [2.24, 2.45) is 12.0 Å². The van der Waals surface area contributed by atoms with Gasteiger partial charge in [-0.05, 0) is 24.6 Å². The van der Waals surface area contributed by atoms with E-state index in [4.69, 9.17) is 23.2 Å². The fourth-order valence-corrected chi connectivity index (χ4v) is 2.76. The number of amides is 1. The number of rotatable bonds is 7. The normalized spacial score (nSPS) is 11.3. The van der Waals surface area contributed by atoms with Crippen LogP contribution in [-0.2, 0) is 13.6 Å². The molecule has 1 aromatic heterocycles. The predicted molar refractivity (Wildman–Crippen MR) is 107 cm³/mol. The number of hydrogen-bond acceptors (Lipinski definition) is 2. The molecule has 1 aromatic carbocycles. The van der Waals surface area contributed by atoms with Crippen LogP contribution in [-0.4, -0.2) is 36.6 Å². The standard InChI is InChI=1S/C18H23Cl2N5O/c1-21-18(24-12-14-11-15(19)16(20)25(14)2)23-10-6-9-22-17(26)13-7-4-3-5-8-13/h3-5,7-8,11H,6,9-10,12H2,1-2H3,(H,22,26)(H2,21,23,24). The maximum atomic E-state index is 11.9. The van der Waals surface area contributed by atoms with Gasteiger partial charge < -0.3 is 20.5 Å². The summed E-state index contributed by atoms with van der Waals surface area (Å²) in [5.41, 5.74) is 1.62. The van der Waals surface area contributed by atoms with E-state index in [1.807, 2.05) is 35.9 Å². The molecule has 0 aliphatic rings. The third kappa shape index (κ3) is 5.68. The van der Waals surface area contributed by atoms with Crippen molar-refractivity contribution in [2.75, 3.05) is 20.1 Å². The molecule has 3 N–H and O–H groups in total. The highest BCUT2D eigenvalue weighted by molar-refractivity contribution is 6.41. The van der Waals surface area contributed by atoms with Crippen molar-refractivity contribution in [1.82, 2.24) is 20.5 Å². The SMILES string of the molecule is CN=C(NCCCNC(=O)c1ccccc1)NCc1cc(Cl)c(Cl)n1C. The average Bonchev–Trinajstić information content (AvgIpc) is 2.91. The van der Waals surface area contributed by atoms with Crippen LogP contribution in [0.25, 0.3) is 0 Å². The second-order valence-corrected chi connectivity index (χ2v) is 6.43. The molecule has 8 heteroatoms. The van der Waals surface area contributed by atoms with Gasteiger partial charge in [-0.3, -0.25) is 9.79 Å². The van der Waals surface area contributed by atoms with Crippen molar-refractivity contribution in [3.05, 3.63) is 57.8 Å². The van der Waals surface area contributed by atoms with Crippen LogP contribution in [0.2, 0.25) is 10.2 Å². The summed E-state index contributed by atoms with van der Waals surface area (Å²) in [4.78, 5) is 16.1. The Bertz CT molecular complexity index is 758. The van der Waals surface area contributed by atoms with Crippen LogP contribution < -0.4 is 16.0 Å². The van der Waals surface area contributed by atoms with Gasteiger partial charge in [0.2, 0.25) is 0 Å². The summed E-state index contributed by atoms with van der Waals surface area (Å²) in [6.07, 6.45) is 0.779. The van der Waals surface area contributed by atoms with E-state index in [0.717, 1.165) is 12.1 Å². The monoisotopic (exact) mass is 395 g/mol. The molecule has 0 saturated carbocycles. The first kappa shape index (κ1) is 20.1. The average molecular weight is 396 g/mol. The highest BCUT2D eigenvalue weighted by atomic mass is 35.5. The van der Waals surface area contributed by atoms with E-state index in [1.54, 1.807) is 19.2 Å². The summed E-state index contributed by atoms with van der Waals surface area (Å²) in [5.74, 6) is 0.610. The van der Waals surface area contributed by atoms with Gasteiger partial charge in [-0.15, -0.1) is 0 Å². The molecule has 1 heterocycles. The van der Waals surface area contributed by atoms with Gasteiger partial charge in [-0.2, -0.15) is 0 Å². The molecule has 0 fully saturated rings. The highest BCUT2D eigenvalue weighted by Gasteiger charge is 2.09. The number of aromatic nitrogens is 1. The molecular formula is C18H23Cl2N5O. The van der Waals surface area contributed by atoms with Crippen LogP contribution in [0.3, 0.4) is 0 Å². The van der Waals surface area contributed by atoms with E-state index in [2.05, 4.69) is 20.9 Å². The van der Waals surface area contributed by atoms with Gasteiger partial charge >= 0.3 is 0 Å². The number of hydrogen-bond donors (Lipinski definition) is 3. The van der Waals surface area contributed by atoms with Gasteiger partial charge in [-0.1, -0.05) is 41.4 Å². The Balaban J connectivity index is 1.67. The molecule has 0 unspecified atom stereocenters. The minimum atomic E-state index is -0.0643. The van der Waals surface area contributed by atoms with Gasteiger partial charge in [-0.25, -0.2) is 0 Å². The molecule has 2 aromatic rings.